The van der Waals surface area contributed by atoms with Crippen molar-refractivity contribution in [2.45, 2.75) is 25.4 Å². The van der Waals surface area contributed by atoms with E-state index in [-0.39, 0.29) is 11.6 Å². The number of hydrogen-bond acceptors (Lipinski definition) is 3. The largest absolute Gasteiger partial charge is 0.348 e. The maximum Gasteiger partial charge on any atom is 0.325 e. The van der Waals surface area contributed by atoms with E-state index in [4.69, 9.17) is 0 Å². The van der Waals surface area contributed by atoms with Gasteiger partial charge in [0.1, 0.15) is 23.7 Å². The molecule has 1 aliphatic rings. The van der Waals surface area contributed by atoms with Gasteiger partial charge in [-0.15, -0.1) is 0 Å². The van der Waals surface area contributed by atoms with Gasteiger partial charge in [0.25, 0.3) is 5.91 Å². The number of nitrogens with one attached hydrogen (secondary N) is 2. The van der Waals surface area contributed by atoms with Gasteiger partial charge in [-0.25, -0.2) is 13.6 Å². The Morgan fingerprint density at radius 3 is 2.59 bits per heavy atom. The number of fused-ring (bicyclic) bond motifs is 1. The van der Waals surface area contributed by atoms with Gasteiger partial charge in [-0.2, -0.15) is 0 Å². The zero-order valence-corrected chi connectivity index (χ0v) is 17.5. The summed E-state index contributed by atoms with van der Waals surface area (Å²) >= 11 is 0. The van der Waals surface area contributed by atoms with Crippen molar-refractivity contribution in [3.63, 3.8) is 0 Å². The molecule has 164 valence electrons. The second kappa shape index (κ2) is 8.03. The Morgan fingerprint density at radius 1 is 1.09 bits per heavy atom. The van der Waals surface area contributed by atoms with Crippen LogP contribution in [0.4, 0.5) is 13.6 Å². The quantitative estimate of drug-likeness (QED) is 0.597. The van der Waals surface area contributed by atoms with E-state index in [1.807, 2.05) is 42.5 Å². The van der Waals surface area contributed by atoms with Crippen molar-refractivity contribution < 1.29 is 23.2 Å². The first-order valence-corrected chi connectivity index (χ1v) is 10.1. The second-order valence-corrected chi connectivity index (χ2v) is 7.93. The smallest absolute Gasteiger partial charge is 0.325 e. The van der Waals surface area contributed by atoms with Crippen LogP contribution in [0.25, 0.3) is 10.8 Å². The van der Waals surface area contributed by atoms with Crippen molar-refractivity contribution in [2.75, 3.05) is 6.54 Å². The van der Waals surface area contributed by atoms with Gasteiger partial charge >= 0.3 is 6.03 Å². The number of amides is 4. The molecule has 1 aliphatic heterocycles. The van der Waals surface area contributed by atoms with Crippen molar-refractivity contribution in [1.82, 2.24) is 15.5 Å². The highest BCUT2D eigenvalue weighted by molar-refractivity contribution is 6.09. The van der Waals surface area contributed by atoms with E-state index in [1.165, 1.54) is 6.92 Å². The predicted octanol–water partition coefficient (Wildman–Crippen LogP) is 3.76. The average molecular weight is 437 g/mol. The molecule has 4 amide bonds. The highest BCUT2D eigenvalue weighted by atomic mass is 19.1. The van der Waals surface area contributed by atoms with Crippen LogP contribution in [0.5, 0.6) is 0 Å². The van der Waals surface area contributed by atoms with Gasteiger partial charge in [0.15, 0.2) is 0 Å². The molecule has 0 radical (unpaired) electrons. The van der Waals surface area contributed by atoms with E-state index in [0.29, 0.717) is 4.90 Å². The zero-order chi connectivity index (χ0) is 23.0. The molecule has 1 saturated heterocycles. The molecule has 32 heavy (non-hydrogen) atoms. The molecule has 0 saturated carbocycles. The lowest BCUT2D eigenvalue weighted by molar-refractivity contribution is -0.135. The summed E-state index contributed by atoms with van der Waals surface area (Å²) in [4.78, 5) is 38.7. The minimum Gasteiger partial charge on any atom is -0.348 e. The molecule has 2 unspecified atom stereocenters. The Hall–Kier alpha value is -3.81. The highest BCUT2D eigenvalue weighted by Gasteiger charge is 2.50. The lowest BCUT2D eigenvalue weighted by Crippen LogP contribution is -2.44. The van der Waals surface area contributed by atoms with E-state index in [0.717, 1.165) is 34.5 Å². The van der Waals surface area contributed by atoms with Crippen LogP contribution >= 0.6 is 0 Å². The fourth-order valence-electron chi connectivity index (χ4n) is 4.04. The molecule has 3 aromatic rings. The molecule has 6 nitrogen and oxygen atoms in total. The number of nitrogens with zero attached hydrogens (tertiary/aromatic N) is 1. The SMILES string of the molecule is CC(NC(=O)CN1C(=O)NC(C)(c2cc(F)ccc2F)C1=O)c1cccc2ccccc12. The molecular formula is C24H21F2N3O3. The molecule has 0 bridgehead atoms. The Morgan fingerprint density at radius 2 is 1.81 bits per heavy atom. The Kier molecular flexibility index (Phi) is 5.38. The number of halogens is 2. The van der Waals surface area contributed by atoms with Gasteiger partial charge in [0.05, 0.1) is 6.04 Å². The minimum absolute atomic E-state index is 0.303. The third kappa shape index (κ3) is 3.68. The molecule has 2 atom stereocenters. The van der Waals surface area contributed by atoms with Gasteiger partial charge in [-0.05, 0) is 48.4 Å². The minimum atomic E-state index is -1.81. The number of urea groups is 1. The summed E-state index contributed by atoms with van der Waals surface area (Å²) in [6.45, 7) is 2.53. The van der Waals surface area contributed by atoms with Crippen molar-refractivity contribution in [1.29, 1.82) is 0 Å². The number of carbonyl (C=O) groups is 3. The summed E-state index contributed by atoms with van der Waals surface area (Å²) < 4.78 is 27.9. The number of rotatable bonds is 5. The number of benzene rings is 3. The third-order valence-corrected chi connectivity index (χ3v) is 5.71. The molecule has 0 spiro atoms. The lowest BCUT2D eigenvalue weighted by Gasteiger charge is -2.23. The van der Waals surface area contributed by atoms with Crippen molar-refractivity contribution in [3.8, 4) is 0 Å². The van der Waals surface area contributed by atoms with E-state index in [1.54, 1.807) is 6.92 Å². The first kappa shape index (κ1) is 21.4. The molecule has 0 aliphatic carbocycles. The average Bonchev–Trinajstić information content (AvgIpc) is 2.98. The summed E-state index contributed by atoms with van der Waals surface area (Å²) in [5.41, 5.74) is -1.23. The van der Waals surface area contributed by atoms with E-state index in [9.17, 15) is 23.2 Å². The maximum absolute atomic E-state index is 14.3. The zero-order valence-electron chi connectivity index (χ0n) is 17.5. The molecule has 1 fully saturated rings. The lowest BCUT2D eigenvalue weighted by atomic mass is 9.91. The molecular weight excluding hydrogens is 416 g/mol. The maximum atomic E-state index is 14.3. The number of carbonyl (C=O) groups excluding carboxylic acids is 3. The Bertz CT molecular complexity index is 1240. The highest BCUT2D eigenvalue weighted by Crippen LogP contribution is 2.31. The molecule has 2 N–H and O–H groups in total. The first-order chi connectivity index (χ1) is 15.2. The van der Waals surface area contributed by atoms with E-state index in [2.05, 4.69) is 10.6 Å². The fraction of sp³-hybridized carbons (Fsp3) is 0.208. The Labute approximate surface area is 183 Å². The molecule has 4 rings (SSSR count). The number of hydrogen-bond donors (Lipinski definition) is 2. The van der Waals surface area contributed by atoms with Crippen LogP contribution in [0.3, 0.4) is 0 Å². The second-order valence-electron chi connectivity index (χ2n) is 7.93. The standard InChI is InChI=1S/C24H21F2N3O3/c1-14(17-9-5-7-15-6-3-4-8-18(15)17)27-21(30)13-29-22(31)24(2,28-23(29)32)19-12-16(25)10-11-20(19)26/h3-12,14H,13H2,1-2H3,(H,27,30)(H,28,32). The normalized spacial score (nSPS) is 19.2. The van der Waals surface area contributed by atoms with Crippen molar-refractivity contribution >= 4 is 28.6 Å². The van der Waals surface area contributed by atoms with Crippen LogP contribution < -0.4 is 10.6 Å². The summed E-state index contributed by atoms with van der Waals surface area (Å²) in [5, 5.41) is 7.18. The molecule has 8 heteroatoms. The van der Waals surface area contributed by atoms with Gasteiger partial charge in [-0.3, -0.25) is 14.5 Å². The fourth-order valence-corrected chi connectivity index (χ4v) is 4.04. The number of imide groups is 1. The monoisotopic (exact) mass is 437 g/mol. The summed E-state index contributed by atoms with van der Waals surface area (Å²) in [7, 11) is 0. The first-order valence-electron chi connectivity index (χ1n) is 10.1. The van der Waals surface area contributed by atoms with Crippen LogP contribution in [-0.2, 0) is 15.1 Å². The third-order valence-electron chi connectivity index (χ3n) is 5.71. The molecule has 0 aromatic heterocycles. The van der Waals surface area contributed by atoms with Crippen LogP contribution in [0, 0.1) is 11.6 Å². The van der Waals surface area contributed by atoms with Crippen LogP contribution in [0.1, 0.15) is 31.0 Å². The molecule has 3 aromatic carbocycles. The van der Waals surface area contributed by atoms with E-state index < -0.39 is 41.6 Å². The van der Waals surface area contributed by atoms with Crippen molar-refractivity contribution in [2.24, 2.45) is 0 Å². The topological polar surface area (TPSA) is 78.5 Å². The van der Waals surface area contributed by atoms with Gasteiger partial charge < -0.3 is 10.6 Å². The van der Waals surface area contributed by atoms with Crippen molar-refractivity contribution in [3.05, 3.63) is 83.4 Å². The van der Waals surface area contributed by atoms with Crippen LogP contribution in [0.15, 0.2) is 60.7 Å². The Balaban J connectivity index is 1.51. The predicted molar refractivity (Wildman–Crippen MR) is 114 cm³/mol. The van der Waals surface area contributed by atoms with Crippen LogP contribution in [-0.4, -0.2) is 29.3 Å². The van der Waals surface area contributed by atoms with Gasteiger partial charge in [-0.1, -0.05) is 42.5 Å². The van der Waals surface area contributed by atoms with E-state index >= 15 is 0 Å². The summed E-state index contributed by atoms with van der Waals surface area (Å²) in [6, 6.07) is 14.9. The summed E-state index contributed by atoms with van der Waals surface area (Å²) in [5.74, 6) is -2.97. The molecule has 1 heterocycles. The summed E-state index contributed by atoms with van der Waals surface area (Å²) in [6.07, 6.45) is 0. The van der Waals surface area contributed by atoms with Gasteiger partial charge in [0, 0.05) is 5.56 Å². The van der Waals surface area contributed by atoms with Crippen LogP contribution in [0.2, 0.25) is 0 Å². The van der Waals surface area contributed by atoms with Gasteiger partial charge in [0.2, 0.25) is 5.91 Å².